The van der Waals surface area contributed by atoms with Gasteiger partial charge in [0.05, 0.1) is 0 Å². The first kappa shape index (κ1) is 18.7. The number of nitrogens with zero attached hydrogens (tertiary/aromatic N) is 3. The number of anilines is 1. The third-order valence-corrected chi connectivity index (χ3v) is 5.98. The number of carbonyl (C=O) groups is 2. The van der Waals surface area contributed by atoms with Crippen LogP contribution in [0.1, 0.15) is 36.8 Å². The Morgan fingerprint density at radius 2 is 2.11 bits per heavy atom. The Bertz CT molecular complexity index is 847. The van der Waals surface area contributed by atoms with Crippen LogP contribution in [0, 0.1) is 5.92 Å². The van der Waals surface area contributed by atoms with Crippen LogP contribution in [0.25, 0.3) is 0 Å². The molecule has 1 saturated heterocycles. The SMILES string of the molecule is CC(=O)N1C=CC(C2CNCC(c3cnc4c(c3)CCCN4C(N)=O)C2)=CC1. The molecule has 4 rings (SSSR count). The summed E-state index contributed by atoms with van der Waals surface area (Å²) in [6, 6.07) is 1.77. The molecule has 1 aromatic rings. The summed E-state index contributed by atoms with van der Waals surface area (Å²) < 4.78 is 0. The molecule has 28 heavy (non-hydrogen) atoms. The van der Waals surface area contributed by atoms with Crippen molar-refractivity contribution in [1.29, 1.82) is 0 Å². The predicted octanol–water partition coefficient (Wildman–Crippen LogP) is 1.91. The van der Waals surface area contributed by atoms with Gasteiger partial charge in [0.25, 0.3) is 0 Å². The molecular weight excluding hydrogens is 354 g/mol. The Morgan fingerprint density at radius 3 is 2.82 bits per heavy atom. The molecule has 1 fully saturated rings. The first-order chi connectivity index (χ1) is 13.5. The molecule has 0 aromatic carbocycles. The zero-order valence-corrected chi connectivity index (χ0v) is 16.2. The van der Waals surface area contributed by atoms with E-state index in [1.54, 1.807) is 16.7 Å². The number of pyridine rings is 1. The summed E-state index contributed by atoms with van der Waals surface area (Å²) >= 11 is 0. The van der Waals surface area contributed by atoms with Crippen molar-refractivity contribution in [3.8, 4) is 0 Å². The predicted molar refractivity (Wildman–Crippen MR) is 108 cm³/mol. The Morgan fingerprint density at radius 1 is 1.29 bits per heavy atom. The molecule has 3 N–H and O–H groups in total. The van der Waals surface area contributed by atoms with Crippen LogP contribution >= 0.6 is 0 Å². The van der Waals surface area contributed by atoms with Crippen molar-refractivity contribution >= 4 is 17.8 Å². The van der Waals surface area contributed by atoms with Gasteiger partial charge in [0.15, 0.2) is 0 Å². The number of nitrogens with two attached hydrogens (primary N) is 1. The van der Waals surface area contributed by atoms with Gasteiger partial charge in [-0.05, 0) is 53.9 Å². The first-order valence-corrected chi connectivity index (χ1v) is 9.95. The average Bonchev–Trinajstić information content (AvgIpc) is 2.73. The number of fused-ring (bicyclic) bond motifs is 1. The van der Waals surface area contributed by atoms with E-state index in [-0.39, 0.29) is 5.91 Å². The van der Waals surface area contributed by atoms with Crippen LogP contribution in [0.4, 0.5) is 10.6 Å². The van der Waals surface area contributed by atoms with Crippen molar-refractivity contribution in [3.63, 3.8) is 0 Å². The third kappa shape index (κ3) is 3.67. The lowest BCUT2D eigenvalue weighted by Gasteiger charge is -2.33. The molecule has 2 unspecified atom stereocenters. The maximum absolute atomic E-state index is 11.6. The van der Waals surface area contributed by atoms with Gasteiger partial charge in [0, 0.05) is 45.5 Å². The van der Waals surface area contributed by atoms with E-state index in [2.05, 4.69) is 28.5 Å². The van der Waals surface area contributed by atoms with Gasteiger partial charge in [0.2, 0.25) is 5.91 Å². The van der Waals surface area contributed by atoms with Crippen LogP contribution in [-0.4, -0.2) is 48.0 Å². The summed E-state index contributed by atoms with van der Waals surface area (Å²) in [6.45, 7) is 4.74. The van der Waals surface area contributed by atoms with E-state index in [0.717, 1.165) is 37.9 Å². The number of amides is 3. The van der Waals surface area contributed by atoms with E-state index in [1.807, 2.05) is 12.4 Å². The van der Waals surface area contributed by atoms with Crippen LogP contribution in [0.2, 0.25) is 0 Å². The number of hydrogen-bond donors (Lipinski definition) is 2. The molecule has 2 atom stereocenters. The van der Waals surface area contributed by atoms with Crippen LogP contribution in [0.5, 0.6) is 0 Å². The Labute approximate surface area is 165 Å². The molecule has 7 heteroatoms. The summed E-state index contributed by atoms with van der Waals surface area (Å²) in [6.07, 6.45) is 10.9. The number of urea groups is 1. The van der Waals surface area contributed by atoms with Crippen molar-refractivity contribution in [2.75, 3.05) is 31.1 Å². The summed E-state index contributed by atoms with van der Waals surface area (Å²) in [5.74, 6) is 1.57. The minimum Gasteiger partial charge on any atom is -0.351 e. The van der Waals surface area contributed by atoms with Crippen molar-refractivity contribution in [2.45, 2.75) is 32.1 Å². The summed E-state index contributed by atoms with van der Waals surface area (Å²) in [5, 5.41) is 3.55. The van der Waals surface area contributed by atoms with E-state index >= 15 is 0 Å². The third-order valence-electron chi connectivity index (χ3n) is 5.98. The van der Waals surface area contributed by atoms with Gasteiger partial charge in [0.1, 0.15) is 5.82 Å². The minimum absolute atomic E-state index is 0.0661. The van der Waals surface area contributed by atoms with E-state index < -0.39 is 6.03 Å². The monoisotopic (exact) mass is 381 g/mol. The number of allylic oxidation sites excluding steroid dienone is 1. The zero-order valence-electron chi connectivity index (χ0n) is 16.2. The molecule has 0 aliphatic carbocycles. The van der Waals surface area contributed by atoms with E-state index in [0.29, 0.717) is 30.7 Å². The quantitative estimate of drug-likeness (QED) is 0.819. The Balaban J connectivity index is 1.49. The second kappa shape index (κ2) is 7.75. The number of piperidine rings is 1. The smallest absolute Gasteiger partial charge is 0.320 e. The number of rotatable bonds is 2. The highest BCUT2D eigenvalue weighted by molar-refractivity contribution is 5.90. The standard InChI is InChI=1S/C21H27N5O2/c1-14(27)25-7-4-15(5-8-25)17-10-18(12-23-11-17)19-9-16-3-2-6-26(21(22)28)20(16)24-13-19/h4-5,7,9,13,17-18,23H,2-3,6,8,10-12H2,1H3,(H2,22,28). The lowest BCUT2D eigenvalue weighted by atomic mass is 9.81. The molecule has 0 bridgehead atoms. The molecule has 3 aliphatic heterocycles. The van der Waals surface area contributed by atoms with Crippen LogP contribution in [-0.2, 0) is 11.2 Å². The Hall–Kier alpha value is -2.67. The maximum atomic E-state index is 11.6. The van der Waals surface area contributed by atoms with Crippen LogP contribution in [0.15, 0.2) is 36.2 Å². The molecule has 7 nitrogen and oxygen atoms in total. The van der Waals surface area contributed by atoms with Gasteiger partial charge < -0.3 is 16.0 Å². The molecule has 0 radical (unpaired) electrons. The largest absolute Gasteiger partial charge is 0.351 e. The van der Waals surface area contributed by atoms with Gasteiger partial charge in [-0.1, -0.05) is 12.1 Å². The zero-order chi connectivity index (χ0) is 19.7. The van der Waals surface area contributed by atoms with E-state index in [1.165, 1.54) is 11.1 Å². The molecule has 0 spiro atoms. The average molecular weight is 381 g/mol. The van der Waals surface area contributed by atoms with Crippen molar-refractivity contribution in [3.05, 3.63) is 47.3 Å². The van der Waals surface area contributed by atoms with Crippen LogP contribution < -0.4 is 16.0 Å². The van der Waals surface area contributed by atoms with Gasteiger partial charge in [-0.3, -0.25) is 9.69 Å². The highest BCUT2D eigenvalue weighted by atomic mass is 16.2. The van der Waals surface area contributed by atoms with Crippen molar-refractivity contribution < 1.29 is 9.59 Å². The normalized spacial score (nSPS) is 24.5. The highest BCUT2D eigenvalue weighted by Crippen LogP contribution is 2.34. The van der Waals surface area contributed by atoms with Crippen molar-refractivity contribution in [1.82, 2.24) is 15.2 Å². The molecule has 148 valence electrons. The topological polar surface area (TPSA) is 91.6 Å². The Kier molecular flexibility index (Phi) is 5.17. The molecule has 1 aromatic heterocycles. The highest BCUT2D eigenvalue weighted by Gasteiger charge is 2.28. The van der Waals surface area contributed by atoms with Gasteiger partial charge in [-0.25, -0.2) is 9.78 Å². The van der Waals surface area contributed by atoms with Gasteiger partial charge >= 0.3 is 6.03 Å². The van der Waals surface area contributed by atoms with Crippen molar-refractivity contribution in [2.24, 2.45) is 11.7 Å². The fourth-order valence-corrected chi connectivity index (χ4v) is 4.41. The molecule has 3 amide bonds. The maximum Gasteiger partial charge on any atom is 0.320 e. The van der Waals surface area contributed by atoms with E-state index in [9.17, 15) is 9.59 Å². The van der Waals surface area contributed by atoms with Gasteiger partial charge in [-0.15, -0.1) is 0 Å². The number of carbonyl (C=O) groups excluding carboxylic acids is 2. The molecule has 3 aliphatic rings. The summed E-state index contributed by atoms with van der Waals surface area (Å²) in [4.78, 5) is 31.0. The number of primary amides is 1. The minimum atomic E-state index is -0.434. The first-order valence-electron chi connectivity index (χ1n) is 9.95. The fourth-order valence-electron chi connectivity index (χ4n) is 4.41. The molecule has 4 heterocycles. The lowest BCUT2D eigenvalue weighted by Crippen LogP contribution is -2.40. The summed E-state index contributed by atoms with van der Waals surface area (Å²) in [7, 11) is 0. The summed E-state index contributed by atoms with van der Waals surface area (Å²) in [5.41, 5.74) is 9.11. The second-order valence-electron chi connectivity index (χ2n) is 7.82. The van der Waals surface area contributed by atoms with Gasteiger partial charge in [-0.2, -0.15) is 0 Å². The number of aromatic nitrogens is 1. The second-order valence-corrected chi connectivity index (χ2v) is 7.82. The lowest BCUT2D eigenvalue weighted by molar-refractivity contribution is -0.125. The number of nitrogens with one attached hydrogen (secondary N) is 1. The number of aryl methyl sites for hydroxylation is 1. The van der Waals surface area contributed by atoms with Crippen LogP contribution in [0.3, 0.4) is 0 Å². The number of hydrogen-bond acceptors (Lipinski definition) is 4. The molecular formula is C21H27N5O2. The molecule has 0 saturated carbocycles. The van der Waals surface area contributed by atoms with E-state index in [4.69, 9.17) is 5.73 Å². The fraction of sp³-hybridized carbons (Fsp3) is 0.476.